The third-order valence-electron chi connectivity index (χ3n) is 4.57. The summed E-state index contributed by atoms with van der Waals surface area (Å²) in [6.07, 6.45) is 5.21. The van der Waals surface area contributed by atoms with Crippen LogP contribution >= 0.6 is 12.4 Å². The second kappa shape index (κ2) is 6.59. The van der Waals surface area contributed by atoms with Crippen LogP contribution in [0.1, 0.15) is 31.2 Å². The highest BCUT2D eigenvalue weighted by molar-refractivity contribution is 5.85. The van der Waals surface area contributed by atoms with Gasteiger partial charge in [0.15, 0.2) is 0 Å². The molecule has 3 nitrogen and oxygen atoms in total. The SMILES string of the molecule is Cl.O=C(NC1CCNC1)C1(Cc2ccccc2)CCC1. The number of halogens is 1. The van der Waals surface area contributed by atoms with Crippen LogP contribution in [0.15, 0.2) is 30.3 Å². The van der Waals surface area contributed by atoms with Gasteiger partial charge in [0.25, 0.3) is 0 Å². The van der Waals surface area contributed by atoms with E-state index in [-0.39, 0.29) is 23.7 Å². The van der Waals surface area contributed by atoms with Crippen molar-refractivity contribution >= 4 is 18.3 Å². The van der Waals surface area contributed by atoms with Gasteiger partial charge >= 0.3 is 0 Å². The fraction of sp³-hybridized carbons (Fsp3) is 0.562. The van der Waals surface area contributed by atoms with Crippen LogP contribution in [-0.2, 0) is 11.2 Å². The van der Waals surface area contributed by atoms with Crippen LogP contribution in [-0.4, -0.2) is 25.0 Å². The lowest BCUT2D eigenvalue weighted by Gasteiger charge is -2.41. The molecule has 1 unspecified atom stereocenters. The van der Waals surface area contributed by atoms with Crippen molar-refractivity contribution in [2.24, 2.45) is 5.41 Å². The third-order valence-corrected chi connectivity index (χ3v) is 4.57. The number of hydrogen-bond acceptors (Lipinski definition) is 2. The van der Waals surface area contributed by atoms with Gasteiger partial charge in [0.05, 0.1) is 5.41 Å². The average Bonchev–Trinajstić information content (AvgIpc) is 2.88. The molecule has 1 aliphatic carbocycles. The molecule has 1 atom stereocenters. The Balaban J connectivity index is 0.00000147. The zero-order valence-corrected chi connectivity index (χ0v) is 12.5. The fourth-order valence-corrected chi connectivity index (χ4v) is 3.19. The molecule has 1 aromatic rings. The van der Waals surface area contributed by atoms with E-state index in [2.05, 4.69) is 34.9 Å². The Bertz CT molecular complexity index is 439. The van der Waals surface area contributed by atoms with Crippen LogP contribution in [0.3, 0.4) is 0 Å². The maximum Gasteiger partial charge on any atom is 0.226 e. The second-order valence-corrected chi connectivity index (χ2v) is 5.96. The molecule has 0 aromatic heterocycles. The van der Waals surface area contributed by atoms with E-state index in [0.717, 1.165) is 38.8 Å². The van der Waals surface area contributed by atoms with Crippen molar-refractivity contribution in [1.29, 1.82) is 0 Å². The van der Waals surface area contributed by atoms with Crippen LogP contribution < -0.4 is 10.6 Å². The van der Waals surface area contributed by atoms with Gasteiger partial charge in [-0.15, -0.1) is 12.4 Å². The number of nitrogens with one attached hydrogen (secondary N) is 2. The first-order chi connectivity index (χ1) is 9.28. The van der Waals surface area contributed by atoms with Crippen molar-refractivity contribution in [3.8, 4) is 0 Å². The minimum Gasteiger partial charge on any atom is -0.352 e. The molecule has 0 spiro atoms. The van der Waals surface area contributed by atoms with Gasteiger partial charge < -0.3 is 10.6 Å². The van der Waals surface area contributed by atoms with E-state index in [1.807, 2.05) is 6.07 Å². The average molecular weight is 295 g/mol. The molecule has 1 saturated carbocycles. The van der Waals surface area contributed by atoms with E-state index in [0.29, 0.717) is 6.04 Å². The lowest BCUT2D eigenvalue weighted by Crippen LogP contribution is -2.50. The highest BCUT2D eigenvalue weighted by Gasteiger charge is 2.44. The normalized spacial score (nSPS) is 23.5. The number of rotatable bonds is 4. The molecule has 1 amide bonds. The molecule has 2 N–H and O–H groups in total. The van der Waals surface area contributed by atoms with Crippen molar-refractivity contribution in [1.82, 2.24) is 10.6 Å². The highest BCUT2D eigenvalue weighted by atomic mass is 35.5. The van der Waals surface area contributed by atoms with E-state index in [1.165, 1.54) is 12.0 Å². The van der Waals surface area contributed by atoms with Gasteiger partial charge in [-0.1, -0.05) is 36.8 Å². The van der Waals surface area contributed by atoms with E-state index < -0.39 is 0 Å². The summed E-state index contributed by atoms with van der Waals surface area (Å²) >= 11 is 0. The van der Waals surface area contributed by atoms with Gasteiger partial charge in [-0.25, -0.2) is 0 Å². The summed E-state index contributed by atoms with van der Waals surface area (Å²) in [5.74, 6) is 0.274. The molecular formula is C16H23ClN2O. The zero-order valence-electron chi connectivity index (χ0n) is 11.7. The van der Waals surface area contributed by atoms with Gasteiger partial charge in [0, 0.05) is 12.6 Å². The van der Waals surface area contributed by atoms with Gasteiger partial charge in [0.2, 0.25) is 5.91 Å². The maximum absolute atomic E-state index is 12.6. The maximum atomic E-state index is 12.6. The van der Waals surface area contributed by atoms with Gasteiger partial charge in [-0.3, -0.25) is 4.79 Å². The van der Waals surface area contributed by atoms with Crippen molar-refractivity contribution in [2.45, 2.75) is 38.1 Å². The molecule has 0 radical (unpaired) electrons. The minimum absolute atomic E-state index is 0. The Kier molecular flexibility index (Phi) is 5.06. The Morgan fingerprint density at radius 2 is 2.05 bits per heavy atom. The van der Waals surface area contributed by atoms with Crippen LogP contribution in [0.5, 0.6) is 0 Å². The van der Waals surface area contributed by atoms with Crippen LogP contribution in [0, 0.1) is 5.41 Å². The van der Waals surface area contributed by atoms with E-state index in [1.54, 1.807) is 0 Å². The predicted octanol–water partition coefficient (Wildman–Crippen LogP) is 2.30. The Labute approximate surface area is 126 Å². The zero-order chi connectivity index (χ0) is 13.1. The summed E-state index contributed by atoms with van der Waals surface area (Å²) < 4.78 is 0. The summed E-state index contributed by atoms with van der Waals surface area (Å²) in [7, 11) is 0. The molecular weight excluding hydrogens is 272 g/mol. The summed E-state index contributed by atoms with van der Waals surface area (Å²) in [6.45, 7) is 1.95. The van der Waals surface area contributed by atoms with E-state index in [4.69, 9.17) is 0 Å². The van der Waals surface area contributed by atoms with Crippen molar-refractivity contribution in [3.05, 3.63) is 35.9 Å². The third kappa shape index (κ3) is 3.15. The van der Waals surface area contributed by atoms with E-state index in [9.17, 15) is 4.79 Å². The molecule has 110 valence electrons. The molecule has 1 aliphatic heterocycles. The van der Waals surface area contributed by atoms with Crippen molar-refractivity contribution in [3.63, 3.8) is 0 Å². The topological polar surface area (TPSA) is 41.1 Å². The number of benzene rings is 1. The van der Waals surface area contributed by atoms with Crippen molar-refractivity contribution < 1.29 is 4.79 Å². The van der Waals surface area contributed by atoms with Crippen LogP contribution in [0.25, 0.3) is 0 Å². The molecule has 2 fully saturated rings. The number of amides is 1. The molecule has 1 aromatic carbocycles. The van der Waals surface area contributed by atoms with Crippen LogP contribution in [0.2, 0.25) is 0 Å². The second-order valence-electron chi connectivity index (χ2n) is 5.96. The number of hydrogen-bond donors (Lipinski definition) is 2. The predicted molar refractivity (Wildman–Crippen MR) is 83.1 cm³/mol. The van der Waals surface area contributed by atoms with Gasteiger partial charge in [0.1, 0.15) is 0 Å². The Hall–Kier alpha value is -1.06. The lowest BCUT2D eigenvalue weighted by molar-refractivity contribution is -0.136. The standard InChI is InChI=1S/C16H22N2O.ClH/c19-15(18-14-7-10-17-12-14)16(8-4-9-16)11-13-5-2-1-3-6-13;/h1-3,5-6,14,17H,4,7-12H2,(H,18,19);1H. The van der Waals surface area contributed by atoms with Gasteiger partial charge in [-0.2, -0.15) is 0 Å². The van der Waals surface area contributed by atoms with Crippen molar-refractivity contribution in [2.75, 3.05) is 13.1 Å². The Morgan fingerprint density at radius 3 is 2.60 bits per heavy atom. The minimum atomic E-state index is -0.135. The van der Waals surface area contributed by atoms with Crippen LogP contribution in [0.4, 0.5) is 0 Å². The van der Waals surface area contributed by atoms with E-state index >= 15 is 0 Å². The molecule has 0 bridgehead atoms. The first-order valence-electron chi connectivity index (χ1n) is 7.34. The monoisotopic (exact) mass is 294 g/mol. The summed E-state index contributed by atoms with van der Waals surface area (Å²) in [6, 6.07) is 10.7. The highest BCUT2D eigenvalue weighted by Crippen LogP contribution is 2.44. The quantitative estimate of drug-likeness (QED) is 0.895. The molecule has 20 heavy (non-hydrogen) atoms. The summed E-state index contributed by atoms with van der Waals surface area (Å²) in [4.78, 5) is 12.6. The molecule has 4 heteroatoms. The smallest absolute Gasteiger partial charge is 0.226 e. The largest absolute Gasteiger partial charge is 0.352 e. The summed E-state index contributed by atoms with van der Waals surface area (Å²) in [5, 5.41) is 6.54. The summed E-state index contributed by atoms with van der Waals surface area (Å²) in [5.41, 5.74) is 1.14. The Morgan fingerprint density at radius 1 is 1.30 bits per heavy atom. The molecule has 1 heterocycles. The number of carbonyl (C=O) groups is 1. The van der Waals surface area contributed by atoms with Gasteiger partial charge in [-0.05, 0) is 37.8 Å². The fourth-order valence-electron chi connectivity index (χ4n) is 3.19. The first kappa shape index (κ1) is 15.3. The first-order valence-corrected chi connectivity index (χ1v) is 7.34. The molecule has 3 rings (SSSR count). The molecule has 2 aliphatic rings. The number of carbonyl (C=O) groups excluding carboxylic acids is 1. The lowest BCUT2D eigenvalue weighted by atomic mass is 9.64. The molecule has 1 saturated heterocycles.